The molecular formula is C29H38FN5O5S. The monoisotopic (exact) mass is 587 g/mol. The molecule has 12 heteroatoms. The van der Waals surface area contributed by atoms with E-state index in [1.807, 2.05) is 34.6 Å². The normalized spacial score (nSPS) is 16.4. The number of nitrogens with one attached hydrogen (secondary N) is 1. The Bertz CT molecular complexity index is 1400. The zero-order valence-corrected chi connectivity index (χ0v) is 25.5. The Balaban J connectivity index is 1.89. The SMILES string of the molecule is COc1ccc(F)cc1[C@H](CN1c2sc(-n3cccn3)c(C)c2C(=O)N(C(C)(C)C(=O)NC(C)C)C1O)OC(C)C. The minimum atomic E-state index is -1.54. The minimum Gasteiger partial charge on any atom is -0.496 e. The molecule has 3 aromatic rings. The zero-order valence-electron chi connectivity index (χ0n) is 24.6. The predicted molar refractivity (Wildman–Crippen MR) is 155 cm³/mol. The molecule has 1 aromatic carbocycles. The molecule has 0 fully saturated rings. The quantitative estimate of drug-likeness (QED) is 0.362. The molecular weight excluding hydrogens is 549 g/mol. The van der Waals surface area contributed by atoms with Gasteiger partial charge in [-0.2, -0.15) is 5.10 Å². The Morgan fingerprint density at radius 3 is 2.54 bits per heavy atom. The van der Waals surface area contributed by atoms with Gasteiger partial charge in [0.2, 0.25) is 12.3 Å². The van der Waals surface area contributed by atoms with Crippen molar-refractivity contribution in [2.45, 2.75) is 78.6 Å². The molecule has 2 N–H and O–H groups in total. The smallest absolute Gasteiger partial charge is 0.261 e. The number of carbonyl (C=O) groups is 2. The Morgan fingerprint density at radius 1 is 1.24 bits per heavy atom. The summed E-state index contributed by atoms with van der Waals surface area (Å²) in [4.78, 5) is 30.3. The Labute approximate surface area is 243 Å². The van der Waals surface area contributed by atoms with E-state index in [1.54, 1.807) is 41.9 Å². The molecule has 1 aliphatic heterocycles. The number of halogens is 1. The van der Waals surface area contributed by atoms with E-state index in [9.17, 15) is 19.1 Å². The van der Waals surface area contributed by atoms with Gasteiger partial charge in [0.15, 0.2) is 0 Å². The Kier molecular flexibility index (Phi) is 8.76. The lowest BCUT2D eigenvalue weighted by Crippen LogP contribution is -2.67. The molecule has 222 valence electrons. The second kappa shape index (κ2) is 11.8. The minimum absolute atomic E-state index is 0.0241. The standard InChI is InChI=1S/C29H38FN5O5S/c1-16(2)32-27(37)29(6,7)35-24(36)23-18(5)25(34-13-9-12-31-34)41-26(23)33(28(35)38)15-22(40-17(3)4)20-14-19(30)10-11-21(20)39-8/h9-14,16-17,22,28,38H,15H2,1-8H3,(H,32,37)/t22-,28?/m0/s1. The van der Waals surface area contributed by atoms with Crippen molar-refractivity contribution < 1.29 is 28.6 Å². The van der Waals surface area contributed by atoms with E-state index < -0.39 is 35.6 Å². The molecule has 2 amide bonds. The molecule has 10 nitrogen and oxygen atoms in total. The molecule has 0 spiro atoms. The van der Waals surface area contributed by atoms with Gasteiger partial charge in [-0.25, -0.2) is 9.07 Å². The highest BCUT2D eigenvalue weighted by atomic mass is 32.1. The summed E-state index contributed by atoms with van der Waals surface area (Å²) in [6.07, 6.45) is 0.854. The number of hydrogen-bond donors (Lipinski definition) is 2. The van der Waals surface area contributed by atoms with Gasteiger partial charge in [-0.15, -0.1) is 0 Å². The fourth-order valence-corrected chi connectivity index (χ4v) is 6.23. The molecule has 0 bridgehead atoms. The first-order valence-corrected chi connectivity index (χ1v) is 14.3. The van der Waals surface area contributed by atoms with Gasteiger partial charge in [-0.1, -0.05) is 11.3 Å². The Morgan fingerprint density at radius 2 is 1.95 bits per heavy atom. The van der Waals surface area contributed by atoms with E-state index >= 15 is 0 Å². The van der Waals surface area contributed by atoms with Crippen molar-refractivity contribution in [2.75, 3.05) is 18.6 Å². The molecule has 3 heterocycles. The summed E-state index contributed by atoms with van der Waals surface area (Å²) < 4.78 is 27.9. The second-order valence-corrected chi connectivity index (χ2v) is 12.1. The van der Waals surface area contributed by atoms with E-state index in [1.165, 1.54) is 41.5 Å². The maximum absolute atomic E-state index is 14.5. The van der Waals surface area contributed by atoms with Gasteiger partial charge in [0, 0.05) is 29.6 Å². The van der Waals surface area contributed by atoms with Gasteiger partial charge in [0.25, 0.3) is 5.91 Å². The number of rotatable bonds is 10. The van der Waals surface area contributed by atoms with Crippen LogP contribution in [0.5, 0.6) is 5.75 Å². The number of ether oxygens (including phenoxy) is 2. The summed E-state index contributed by atoms with van der Waals surface area (Å²) in [5, 5.41) is 20.3. The third-order valence-electron chi connectivity index (χ3n) is 6.93. The highest BCUT2D eigenvalue weighted by Crippen LogP contribution is 2.45. The lowest BCUT2D eigenvalue weighted by Gasteiger charge is -2.48. The third kappa shape index (κ3) is 5.81. The van der Waals surface area contributed by atoms with E-state index in [2.05, 4.69) is 10.4 Å². The number of aromatic nitrogens is 2. The molecule has 0 aliphatic carbocycles. The van der Waals surface area contributed by atoms with Crippen LogP contribution in [0.15, 0.2) is 36.7 Å². The fraction of sp³-hybridized carbons (Fsp3) is 0.483. The topological polar surface area (TPSA) is 109 Å². The van der Waals surface area contributed by atoms with Crippen LogP contribution in [0, 0.1) is 12.7 Å². The molecule has 0 radical (unpaired) electrons. The summed E-state index contributed by atoms with van der Waals surface area (Å²) in [7, 11) is 1.49. The van der Waals surface area contributed by atoms with Crippen molar-refractivity contribution in [1.82, 2.24) is 20.0 Å². The number of hydrogen-bond acceptors (Lipinski definition) is 8. The van der Waals surface area contributed by atoms with Crippen molar-refractivity contribution in [3.63, 3.8) is 0 Å². The molecule has 2 aromatic heterocycles. The predicted octanol–water partition coefficient (Wildman–Crippen LogP) is 4.40. The van der Waals surface area contributed by atoms with Crippen LogP contribution in [0.25, 0.3) is 5.00 Å². The summed E-state index contributed by atoms with van der Waals surface area (Å²) >= 11 is 1.29. The first kappa shape index (κ1) is 30.5. The van der Waals surface area contributed by atoms with Crippen LogP contribution in [-0.2, 0) is 9.53 Å². The molecule has 0 saturated carbocycles. The number of benzene rings is 1. The highest BCUT2D eigenvalue weighted by Gasteiger charge is 2.50. The van der Waals surface area contributed by atoms with E-state index in [4.69, 9.17) is 9.47 Å². The van der Waals surface area contributed by atoms with Crippen LogP contribution in [0.3, 0.4) is 0 Å². The molecule has 1 unspecified atom stereocenters. The number of methoxy groups -OCH3 is 1. The molecule has 2 atom stereocenters. The summed E-state index contributed by atoms with van der Waals surface area (Å²) in [5.41, 5.74) is 0.0360. The number of amides is 2. The molecule has 1 aliphatic rings. The number of aliphatic hydroxyl groups excluding tert-OH is 1. The number of carbonyl (C=O) groups excluding carboxylic acids is 2. The first-order chi connectivity index (χ1) is 19.3. The van der Waals surface area contributed by atoms with Crippen LogP contribution in [0.4, 0.5) is 9.39 Å². The number of aliphatic hydroxyl groups is 1. The van der Waals surface area contributed by atoms with E-state index in [-0.39, 0.29) is 18.7 Å². The lowest BCUT2D eigenvalue weighted by molar-refractivity contribution is -0.137. The van der Waals surface area contributed by atoms with Crippen molar-refractivity contribution in [2.24, 2.45) is 0 Å². The zero-order chi connectivity index (χ0) is 30.2. The molecule has 4 rings (SSSR count). The maximum Gasteiger partial charge on any atom is 0.261 e. The van der Waals surface area contributed by atoms with Gasteiger partial charge in [-0.3, -0.25) is 14.5 Å². The largest absolute Gasteiger partial charge is 0.496 e. The van der Waals surface area contributed by atoms with Gasteiger partial charge < -0.3 is 24.8 Å². The lowest BCUT2D eigenvalue weighted by atomic mass is 9.97. The Hall–Kier alpha value is -3.48. The molecule has 41 heavy (non-hydrogen) atoms. The third-order valence-corrected chi connectivity index (χ3v) is 8.25. The van der Waals surface area contributed by atoms with Crippen LogP contribution < -0.4 is 15.0 Å². The van der Waals surface area contributed by atoms with E-state index in [0.29, 0.717) is 32.4 Å². The fourth-order valence-electron chi connectivity index (χ4n) is 4.96. The van der Waals surface area contributed by atoms with Crippen LogP contribution >= 0.6 is 11.3 Å². The van der Waals surface area contributed by atoms with Crippen molar-refractivity contribution in [1.29, 1.82) is 0 Å². The number of thiophene rings is 1. The van der Waals surface area contributed by atoms with Crippen molar-refractivity contribution in [3.05, 3.63) is 59.2 Å². The van der Waals surface area contributed by atoms with Crippen LogP contribution in [-0.4, -0.2) is 69.3 Å². The number of nitrogens with zero attached hydrogens (tertiary/aromatic N) is 4. The first-order valence-electron chi connectivity index (χ1n) is 13.5. The average molecular weight is 588 g/mol. The average Bonchev–Trinajstić information content (AvgIpc) is 3.53. The summed E-state index contributed by atoms with van der Waals surface area (Å²) in [6.45, 7) is 12.4. The summed E-state index contributed by atoms with van der Waals surface area (Å²) in [6, 6.07) is 5.78. The van der Waals surface area contributed by atoms with Gasteiger partial charge >= 0.3 is 0 Å². The van der Waals surface area contributed by atoms with E-state index in [0.717, 1.165) is 0 Å². The second-order valence-electron chi connectivity index (χ2n) is 11.1. The van der Waals surface area contributed by atoms with Crippen molar-refractivity contribution in [3.8, 4) is 10.8 Å². The molecule has 0 saturated heterocycles. The van der Waals surface area contributed by atoms with Crippen LogP contribution in [0.2, 0.25) is 0 Å². The van der Waals surface area contributed by atoms with Gasteiger partial charge in [-0.05, 0) is 72.7 Å². The van der Waals surface area contributed by atoms with Gasteiger partial charge in [0.05, 0.1) is 25.3 Å². The maximum atomic E-state index is 14.5. The number of anilines is 1. The van der Waals surface area contributed by atoms with Crippen LogP contribution in [0.1, 0.15) is 69.1 Å². The highest BCUT2D eigenvalue weighted by molar-refractivity contribution is 7.19. The van der Waals surface area contributed by atoms with Crippen molar-refractivity contribution >= 4 is 28.2 Å². The number of fused-ring (bicyclic) bond motifs is 1. The summed E-state index contributed by atoms with van der Waals surface area (Å²) in [5.74, 6) is -0.933. The van der Waals surface area contributed by atoms with Gasteiger partial charge in [0.1, 0.15) is 33.2 Å².